The van der Waals surface area contributed by atoms with Crippen molar-refractivity contribution in [3.63, 3.8) is 0 Å². The lowest BCUT2D eigenvalue weighted by Crippen LogP contribution is -2.05. The lowest BCUT2D eigenvalue weighted by molar-refractivity contribution is 0.804. The van der Waals surface area contributed by atoms with Crippen LogP contribution in [0.5, 0.6) is 0 Å². The van der Waals surface area contributed by atoms with Crippen LogP contribution in [0.3, 0.4) is 0 Å². The molecule has 0 aromatic rings. The van der Waals surface area contributed by atoms with Gasteiger partial charge in [-0.15, -0.1) is 0 Å². The first-order chi connectivity index (χ1) is 4.41. The zero-order valence-electron chi connectivity index (χ0n) is 6.48. The van der Waals surface area contributed by atoms with E-state index in [0.29, 0.717) is 0 Å². The number of rotatable bonds is 5. The van der Waals surface area contributed by atoms with E-state index in [1.165, 1.54) is 12.8 Å². The van der Waals surface area contributed by atoms with Crippen LogP contribution in [0.4, 0.5) is 0 Å². The van der Waals surface area contributed by atoms with Crippen molar-refractivity contribution >= 4 is 0 Å². The summed E-state index contributed by atoms with van der Waals surface area (Å²) in [6, 6.07) is 0. The van der Waals surface area contributed by atoms with Gasteiger partial charge >= 0.3 is 0 Å². The monoisotopic (exact) mass is 127 g/mol. The molecule has 0 amide bonds. The van der Waals surface area contributed by atoms with Crippen molar-refractivity contribution in [3.8, 4) is 0 Å². The minimum Gasteiger partial charge on any atom is -0.319 e. The summed E-state index contributed by atoms with van der Waals surface area (Å²) in [7, 11) is 1.98. The molecule has 0 saturated heterocycles. The normalized spacial score (nSPS) is 10.9. The van der Waals surface area contributed by atoms with Crippen LogP contribution in [-0.4, -0.2) is 13.6 Å². The highest BCUT2D eigenvalue weighted by atomic mass is 14.8. The Morgan fingerprint density at radius 1 is 1.22 bits per heavy atom. The zero-order valence-corrected chi connectivity index (χ0v) is 6.48. The average Bonchev–Trinajstić information content (AvgIpc) is 1.89. The Morgan fingerprint density at radius 3 is 2.44 bits per heavy atom. The van der Waals surface area contributed by atoms with E-state index in [-0.39, 0.29) is 0 Å². The van der Waals surface area contributed by atoms with Gasteiger partial charge in [0.15, 0.2) is 0 Å². The van der Waals surface area contributed by atoms with E-state index in [9.17, 15) is 0 Å². The largest absolute Gasteiger partial charge is 0.319 e. The van der Waals surface area contributed by atoms with Crippen molar-refractivity contribution < 1.29 is 0 Å². The maximum absolute atomic E-state index is 3.09. The summed E-state index contributed by atoms with van der Waals surface area (Å²) in [5.41, 5.74) is 0. The Balaban J connectivity index is 2.86. The molecule has 9 heavy (non-hydrogen) atoms. The third-order valence-corrected chi connectivity index (χ3v) is 1.18. The second-order valence-corrected chi connectivity index (χ2v) is 2.15. The van der Waals surface area contributed by atoms with Crippen LogP contribution in [0, 0.1) is 0 Å². The molecule has 0 aliphatic carbocycles. The van der Waals surface area contributed by atoms with Gasteiger partial charge in [0.2, 0.25) is 0 Å². The van der Waals surface area contributed by atoms with Gasteiger partial charge in [-0.3, -0.25) is 0 Å². The molecule has 0 radical (unpaired) electrons. The number of hydrogen-bond donors (Lipinski definition) is 1. The SMILES string of the molecule is CCC/C=C\CCNC. The summed E-state index contributed by atoms with van der Waals surface area (Å²) in [5, 5.41) is 3.09. The summed E-state index contributed by atoms with van der Waals surface area (Å²) in [6.07, 6.45) is 8.13. The van der Waals surface area contributed by atoms with Gasteiger partial charge in [0.1, 0.15) is 0 Å². The van der Waals surface area contributed by atoms with Crippen molar-refractivity contribution in [2.75, 3.05) is 13.6 Å². The van der Waals surface area contributed by atoms with Crippen LogP contribution in [0.15, 0.2) is 12.2 Å². The summed E-state index contributed by atoms with van der Waals surface area (Å²) >= 11 is 0. The van der Waals surface area contributed by atoms with Crippen LogP contribution in [0.25, 0.3) is 0 Å². The van der Waals surface area contributed by atoms with Gasteiger partial charge in [-0.05, 0) is 26.4 Å². The second kappa shape index (κ2) is 7.70. The van der Waals surface area contributed by atoms with Gasteiger partial charge < -0.3 is 5.32 Å². The maximum Gasteiger partial charge on any atom is -0.00173 e. The Bertz CT molecular complexity index is 67.0. The Hall–Kier alpha value is -0.300. The Morgan fingerprint density at radius 2 is 1.89 bits per heavy atom. The molecule has 0 saturated carbocycles. The third kappa shape index (κ3) is 7.70. The molecule has 1 nitrogen and oxygen atoms in total. The number of hydrogen-bond acceptors (Lipinski definition) is 1. The van der Waals surface area contributed by atoms with Crippen LogP contribution in [-0.2, 0) is 0 Å². The fraction of sp³-hybridized carbons (Fsp3) is 0.750. The molecule has 0 bridgehead atoms. The predicted molar refractivity (Wildman–Crippen MR) is 42.6 cm³/mol. The predicted octanol–water partition coefficient (Wildman–Crippen LogP) is 1.95. The van der Waals surface area contributed by atoms with Crippen LogP contribution in [0.2, 0.25) is 0 Å². The third-order valence-electron chi connectivity index (χ3n) is 1.18. The first kappa shape index (κ1) is 8.70. The molecule has 0 heterocycles. The van der Waals surface area contributed by atoms with Crippen LogP contribution in [0.1, 0.15) is 26.2 Å². The molecule has 0 aromatic carbocycles. The summed E-state index contributed by atoms with van der Waals surface area (Å²) in [5.74, 6) is 0. The Labute approximate surface area is 58.2 Å². The first-order valence-electron chi connectivity index (χ1n) is 3.71. The van der Waals surface area contributed by atoms with E-state index in [2.05, 4.69) is 24.4 Å². The molecule has 54 valence electrons. The molecule has 0 fully saturated rings. The number of allylic oxidation sites excluding steroid dienone is 1. The van der Waals surface area contributed by atoms with Gasteiger partial charge in [0.05, 0.1) is 0 Å². The van der Waals surface area contributed by atoms with Gasteiger partial charge in [-0.25, -0.2) is 0 Å². The van der Waals surface area contributed by atoms with Crippen molar-refractivity contribution in [2.24, 2.45) is 0 Å². The maximum atomic E-state index is 3.09. The molecule has 0 spiro atoms. The molecule has 1 N–H and O–H groups in total. The second-order valence-electron chi connectivity index (χ2n) is 2.15. The van der Waals surface area contributed by atoms with E-state index < -0.39 is 0 Å². The molecule has 0 atom stereocenters. The molecular formula is C8H17N. The van der Waals surface area contributed by atoms with Crippen molar-refractivity contribution in [1.82, 2.24) is 5.32 Å². The van der Waals surface area contributed by atoms with Crippen LogP contribution < -0.4 is 5.32 Å². The summed E-state index contributed by atoms with van der Waals surface area (Å²) < 4.78 is 0. The minimum atomic E-state index is 1.10. The molecule has 1 heteroatoms. The van der Waals surface area contributed by atoms with Gasteiger partial charge in [-0.2, -0.15) is 0 Å². The first-order valence-corrected chi connectivity index (χ1v) is 3.71. The molecule has 0 unspecified atom stereocenters. The number of unbranched alkanes of at least 4 members (excludes halogenated alkanes) is 1. The van der Waals surface area contributed by atoms with Crippen LogP contribution >= 0.6 is 0 Å². The van der Waals surface area contributed by atoms with Gasteiger partial charge in [-0.1, -0.05) is 25.5 Å². The lowest BCUT2D eigenvalue weighted by Gasteiger charge is -1.89. The minimum absolute atomic E-state index is 1.10. The average molecular weight is 127 g/mol. The van der Waals surface area contributed by atoms with Crippen molar-refractivity contribution in [1.29, 1.82) is 0 Å². The van der Waals surface area contributed by atoms with Gasteiger partial charge in [0.25, 0.3) is 0 Å². The molecule has 0 aliphatic heterocycles. The van der Waals surface area contributed by atoms with Gasteiger partial charge in [0, 0.05) is 0 Å². The quantitative estimate of drug-likeness (QED) is 0.439. The molecule has 0 rings (SSSR count). The fourth-order valence-corrected chi connectivity index (χ4v) is 0.630. The van der Waals surface area contributed by atoms with Crippen molar-refractivity contribution in [2.45, 2.75) is 26.2 Å². The fourth-order valence-electron chi connectivity index (χ4n) is 0.630. The highest BCUT2D eigenvalue weighted by Crippen LogP contribution is 1.89. The van der Waals surface area contributed by atoms with E-state index >= 15 is 0 Å². The van der Waals surface area contributed by atoms with E-state index in [4.69, 9.17) is 0 Å². The Kier molecular flexibility index (Phi) is 7.44. The summed E-state index contributed by atoms with van der Waals surface area (Å²) in [4.78, 5) is 0. The smallest absolute Gasteiger partial charge is 0.00173 e. The van der Waals surface area contributed by atoms with Crippen molar-refractivity contribution in [3.05, 3.63) is 12.2 Å². The lowest BCUT2D eigenvalue weighted by atomic mass is 10.3. The zero-order chi connectivity index (χ0) is 6.95. The molecule has 0 aliphatic rings. The van der Waals surface area contributed by atoms with E-state index in [1.807, 2.05) is 7.05 Å². The standard InChI is InChI=1S/C8H17N/c1-3-4-5-6-7-8-9-2/h5-6,9H,3-4,7-8H2,1-2H3/b6-5-. The molecular weight excluding hydrogens is 110 g/mol. The topological polar surface area (TPSA) is 12.0 Å². The number of nitrogens with one attached hydrogen (secondary N) is 1. The van der Waals surface area contributed by atoms with E-state index in [1.54, 1.807) is 0 Å². The molecule has 0 aromatic heterocycles. The highest BCUT2D eigenvalue weighted by molar-refractivity contribution is 4.81. The highest BCUT2D eigenvalue weighted by Gasteiger charge is 1.75. The summed E-state index contributed by atoms with van der Waals surface area (Å²) in [6.45, 7) is 3.29. The van der Waals surface area contributed by atoms with E-state index in [0.717, 1.165) is 13.0 Å².